The molecule has 6 aromatic rings. The molecule has 4 aromatic heterocycles. The standard InChI is InChI=1S/C40H32F7N9O2S/c41-22-14-21(15-23(42)17-22)16-30(50-32(57)20-56-35-27(4-7-39(35,43)44)34(53-56)40(45,46)47)33-28(25-2-1-3-26-29(25)19-49-37(26)58)18-31-36(51-33)52-38(59-31)55-12-10-54(11-13-55)24-5-8-48-9-6-24/h1-3,5-6,8-9,14-15,17-18,30H,4,7,10-13,16,19-20H2,(H,49,58)(H,50,57). The Labute approximate surface area is 334 Å². The number of hydrogen-bond acceptors (Lipinski definition) is 9. The SMILES string of the molecule is O=C(Cn1nc(C(F)(F)F)c2c1C(F)(F)CC2)NC(Cc1cc(F)cc(F)c1)c1nc2nc(N3CCN(c4ccncc4)CC3)sc2cc1-c1cccc2c1CNC2=O. The maximum Gasteiger partial charge on any atom is 0.435 e. The van der Waals surface area contributed by atoms with Crippen molar-refractivity contribution in [3.63, 3.8) is 0 Å². The van der Waals surface area contributed by atoms with Gasteiger partial charge in [0.25, 0.3) is 11.8 Å². The fourth-order valence-corrected chi connectivity index (χ4v) is 9.14. The molecule has 2 aliphatic heterocycles. The molecular weight excluding hydrogens is 804 g/mol. The topological polar surface area (TPSA) is 121 Å². The number of aromatic nitrogens is 5. The van der Waals surface area contributed by atoms with Crippen LogP contribution in [0.1, 0.15) is 56.6 Å². The molecule has 0 spiro atoms. The third-order valence-corrected chi connectivity index (χ3v) is 11.8. The molecule has 1 aliphatic carbocycles. The zero-order valence-electron chi connectivity index (χ0n) is 30.8. The van der Waals surface area contributed by atoms with Crippen molar-refractivity contribution in [2.24, 2.45) is 0 Å². The van der Waals surface area contributed by atoms with Gasteiger partial charge in [-0.15, -0.1) is 0 Å². The number of fused-ring (bicyclic) bond motifs is 3. The largest absolute Gasteiger partial charge is 0.435 e. The van der Waals surface area contributed by atoms with Gasteiger partial charge in [-0.2, -0.15) is 32.0 Å². The number of piperazine rings is 1. The molecule has 19 heteroatoms. The summed E-state index contributed by atoms with van der Waals surface area (Å²) in [6.45, 7) is 1.83. The minimum atomic E-state index is -5.05. The summed E-state index contributed by atoms with van der Waals surface area (Å²) in [7, 11) is 0. The lowest BCUT2D eigenvalue weighted by Crippen LogP contribution is -2.46. The second-order valence-electron chi connectivity index (χ2n) is 14.6. The van der Waals surface area contributed by atoms with E-state index in [0.717, 1.165) is 17.8 Å². The van der Waals surface area contributed by atoms with Gasteiger partial charge in [-0.25, -0.2) is 13.8 Å². The predicted octanol–water partition coefficient (Wildman–Crippen LogP) is 6.96. The summed E-state index contributed by atoms with van der Waals surface area (Å²) in [6.07, 6.45) is -3.31. The molecule has 1 unspecified atom stereocenters. The van der Waals surface area contributed by atoms with Crippen LogP contribution in [0.4, 0.5) is 41.6 Å². The molecule has 0 bridgehead atoms. The molecule has 1 fully saturated rings. The molecule has 11 nitrogen and oxygen atoms in total. The first-order valence-corrected chi connectivity index (χ1v) is 19.4. The van der Waals surface area contributed by atoms with E-state index in [9.17, 15) is 31.5 Å². The van der Waals surface area contributed by atoms with Crippen LogP contribution in [0.25, 0.3) is 21.5 Å². The molecule has 1 atom stereocenters. The van der Waals surface area contributed by atoms with Gasteiger partial charge in [0.1, 0.15) is 23.9 Å². The summed E-state index contributed by atoms with van der Waals surface area (Å²) in [5.41, 5.74) is 0.479. The zero-order chi connectivity index (χ0) is 41.2. The molecule has 2 aromatic carbocycles. The number of thiazole rings is 1. The van der Waals surface area contributed by atoms with Crippen LogP contribution in [0.3, 0.4) is 0 Å². The third kappa shape index (κ3) is 7.31. The van der Waals surface area contributed by atoms with Crippen molar-refractivity contribution < 1.29 is 40.3 Å². The van der Waals surface area contributed by atoms with Crippen molar-refractivity contribution in [3.05, 3.63) is 118 Å². The number of anilines is 2. The number of hydrogen-bond donors (Lipinski definition) is 2. The number of benzene rings is 2. The van der Waals surface area contributed by atoms with Crippen LogP contribution in [0.5, 0.6) is 0 Å². The van der Waals surface area contributed by atoms with Crippen LogP contribution in [-0.2, 0) is 42.8 Å². The summed E-state index contributed by atoms with van der Waals surface area (Å²) in [4.78, 5) is 45.0. The van der Waals surface area contributed by atoms with Crippen LogP contribution in [0.2, 0.25) is 0 Å². The van der Waals surface area contributed by atoms with Gasteiger partial charge in [0.15, 0.2) is 16.5 Å². The number of alkyl halides is 5. The smallest absolute Gasteiger partial charge is 0.368 e. The summed E-state index contributed by atoms with van der Waals surface area (Å²) >= 11 is 1.38. The van der Waals surface area contributed by atoms with E-state index in [1.54, 1.807) is 30.6 Å². The van der Waals surface area contributed by atoms with Gasteiger partial charge in [0.05, 0.1) is 16.4 Å². The van der Waals surface area contributed by atoms with E-state index in [1.807, 2.05) is 18.2 Å². The van der Waals surface area contributed by atoms with E-state index in [1.165, 1.54) is 11.3 Å². The summed E-state index contributed by atoms with van der Waals surface area (Å²) < 4.78 is 102. The molecule has 0 radical (unpaired) electrons. The van der Waals surface area contributed by atoms with Crippen LogP contribution in [-0.4, -0.2) is 62.7 Å². The Balaban J connectivity index is 1.13. The van der Waals surface area contributed by atoms with Crippen LogP contribution >= 0.6 is 11.3 Å². The summed E-state index contributed by atoms with van der Waals surface area (Å²) in [5.74, 6) is -6.78. The third-order valence-electron chi connectivity index (χ3n) is 10.8. The van der Waals surface area contributed by atoms with Crippen molar-refractivity contribution in [2.75, 3.05) is 36.0 Å². The Hall–Kier alpha value is -6.11. The van der Waals surface area contributed by atoms with Crippen molar-refractivity contribution >= 4 is 44.3 Å². The molecule has 1 saturated heterocycles. The summed E-state index contributed by atoms with van der Waals surface area (Å²) in [5, 5.41) is 9.62. The zero-order valence-corrected chi connectivity index (χ0v) is 31.6. The van der Waals surface area contributed by atoms with Gasteiger partial charge in [-0.1, -0.05) is 23.5 Å². The molecule has 2 N–H and O–H groups in total. The number of nitrogens with one attached hydrogen (secondary N) is 2. The Kier molecular flexibility index (Phi) is 9.51. The highest BCUT2D eigenvalue weighted by Crippen LogP contribution is 2.46. The Morgan fingerprint density at radius 2 is 1.63 bits per heavy atom. The van der Waals surface area contributed by atoms with Gasteiger partial charge >= 0.3 is 6.18 Å². The minimum Gasteiger partial charge on any atom is -0.368 e. The number of carbonyl (C=O) groups is 2. The van der Waals surface area contributed by atoms with Crippen molar-refractivity contribution in [1.29, 1.82) is 0 Å². The number of amides is 2. The minimum absolute atomic E-state index is 0.0905. The second kappa shape index (κ2) is 14.6. The second-order valence-corrected chi connectivity index (χ2v) is 15.6. The Morgan fingerprint density at radius 1 is 0.915 bits per heavy atom. The first-order chi connectivity index (χ1) is 28.2. The first kappa shape index (κ1) is 38.4. The van der Waals surface area contributed by atoms with E-state index in [2.05, 4.69) is 30.5 Å². The molecule has 0 saturated carbocycles. The average Bonchev–Trinajstić information content (AvgIpc) is 3.97. The molecule has 9 rings (SSSR count). The lowest BCUT2D eigenvalue weighted by atomic mass is 9.91. The van der Waals surface area contributed by atoms with Gasteiger partial charge in [-0.3, -0.25) is 19.3 Å². The number of halogens is 7. The van der Waals surface area contributed by atoms with E-state index in [0.29, 0.717) is 69.0 Å². The number of rotatable bonds is 9. The molecule has 59 heavy (non-hydrogen) atoms. The maximum absolute atomic E-state index is 15.0. The maximum atomic E-state index is 15.0. The lowest BCUT2D eigenvalue weighted by molar-refractivity contribution is -0.142. The molecule has 3 aliphatic rings. The van der Waals surface area contributed by atoms with Gasteiger partial charge in [0, 0.05) is 80.0 Å². The number of carbonyl (C=O) groups excluding carboxylic acids is 2. The molecule has 6 heterocycles. The van der Waals surface area contributed by atoms with E-state index >= 15 is 8.78 Å². The normalized spacial score (nSPS) is 16.6. The van der Waals surface area contributed by atoms with Crippen LogP contribution < -0.4 is 20.4 Å². The highest BCUT2D eigenvalue weighted by molar-refractivity contribution is 7.22. The van der Waals surface area contributed by atoms with Gasteiger partial charge < -0.3 is 20.4 Å². The van der Waals surface area contributed by atoms with Crippen molar-refractivity contribution in [1.82, 2.24) is 35.4 Å². The van der Waals surface area contributed by atoms with Crippen molar-refractivity contribution in [2.45, 2.75) is 50.5 Å². The molecule has 2 amide bonds. The first-order valence-electron chi connectivity index (χ1n) is 18.6. The van der Waals surface area contributed by atoms with Crippen molar-refractivity contribution in [3.8, 4) is 11.1 Å². The lowest BCUT2D eigenvalue weighted by Gasteiger charge is -2.35. The predicted molar refractivity (Wildman–Crippen MR) is 203 cm³/mol. The monoisotopic (exact) mass is 835 g/mol. The van der Waals surface area contributed by atoms with Gasteiger partial charge in [0.2, 0.25) is 5.91 Å². The number of pyridine rings is 2. The van der Waals surface area contributed by atoms with E-state index in [-0.39, 0.29) is 35.8 Å². The fourth-order valence-electron chi connectivity index (χ4n) is 8.14. The highest BCUT2D eigenvalue weighted by Gasteiger charge is 2.50. The quantitative estimate of drug-likeness (QED) is 0.150. The molecular formula is C40H32F7N9O2S. The van der Waals surface area contributed by atoms with Gasteiger partial charge in [-0.05, 0) is 65.9 Å². The summed E-state index contributed by atoms with van der Waals surface area (Å²) in [6, 6.07) is 12.3. The fraction of sp³-hybridized carbons (Fsp3) is 0.300. The molecule has 304 valence electrons. The van der Waals surface area contributed by atoms with Crippen LogP contribution in [0.15, 0.2) is 67.0 Å². The van der Waals surface area contributed by atoms with E-state index in [4.69, 9.17) is 9.97 Å². The average molecular weight is 836 g/mol. The highest BCUT2D eigenvalue weighted by atomic mass is 32.1. The Bertz CT molecular complexity index is 2600. The van der Waals surface area contributed by atoms with E-state index < -0.39 is 72.0 Å². The number of nitrogens with zero attached hydrogens (tertiary/aromatic N) is 7. The Morgan fingerprint density at radius 3 is 2.36 bits per heavy atom. The van der Waals surface area contributed by atoms with Crippen LogP contribution in [0, 0.1) is 11.6 Å².